The molecule has 2 atom stereocenters. The van der Waals surface area contributed by atoms with E-state index in [4.69, 9.17) is 16.3 Å². The van der Waals surface area contributed by atoms with Gasteiger partial charge in [-0.1, -0.05) is 67.1 Å². The summed E-state index contributed by atoms with van der Waals surface area (Å²) >= 11 is 6.46. The van der Waals surface area contributed by atoms with Gasteiger partial charge in [0.05, 0.1) is 18.3 Å². The van der Waals surface area contributed by atoms with Gasteiger partial charge in [-0.25, -0.2) is 8.42 Å². The van der Waals surface area contributed by atoms with E-state index < -0.39 is 39.3 Å². The van der Waals surface area contributed by atoms with Crippen LogP contribution in [0, 0.1) is 10.1 Å². The second-order valence-electron chi connectivity index (χ2n) is 10.0. The largest absolute Gasteiger partial charge is 0.495 e. The molecule has 0 saturated heterocycles. The quantitative estimate of drug-likeness (QED) is 0.203. The molecule has 3 rings (SSSR count). The smallest absolute Gasteiger partial charge is 0.271 e. The fourth-order valence-electron chi connectivity index (χ4n) is 4.39. The highest BCUT2D eigenvalue weighted by atomic mass is 35.5. The lowest BCUT2D eigenvalue weighted by Gasteiger charge is -2.34. The third-order valence-corrected chi connectivity index (χ3v) is 8.39. The zero-order chi connectivity index (χ0) is 31.7. The minimum absolute atomic E-state index is 0.0110. The van der Waals surface area contributed by atoms with Crippen molar-refractivity contribution in [2.75, 3.05) is 24.2 Å². The molecule has 1 N–H and O–H groups in total. The van der Waals surface area contributed by atoms with Crippen LogP contribution in [0.25, 0.3) is 0 Å². The molecule has 0 aromatic heterocycles. The number of nitro groups is 1. The molecule has 0 aliphatic heterocycles. The Morgan fingerprint density at radius 1 is 1.07 bits per heavy atom. The number of amides is 2. The molecule has 43 heavy (non-hydrogen) atoms. The second-order valence-corrected chi connectivity index (χ2v) is 12.3. The maximum absolute atomic E-state index is 14.2. The Morgan fingerprint density at radius 2 is 1.72 bits per heavy atom. The number of nitro benzene ring substituents is 1. The van der Waals surface area contributed by atoms with Crippen LogP contribution in [-0.4, -0.2) is 62.0 Å². The first-order chi connectivity index (χ1) is 20.3. The Bertz CT molecular complexity index is 1550. The lowest BCUT2D eigenvalue weighted by molar-refractivity contribution is -0.384. The number of rotatable bonds is 14. The van der Waals surface area contributed by atoms with E-state index in [0.717, 1.165) is 22.2 Å². The molecular formula is C30H35ClN4O7S. The van der Waals surface area contributed by atoms with Crippen LogP contribution in [-0.2, 0) is 32.6 Å². The minimum Gasteiger partial charge on any atom is -0.495 e. The number of nitrogens with zero attached hydrogens (tertiary/aromatic N) is 3. The van der Waals surface area contributed by atoms with Gasteiger partial charge in [0.2, 0.25) is 21.8 Å². The predicted octanol–water partition coefficient (Wildman–Crippen LogP) is 4.58. The molecule has 0 saturated carbocycles. The molecule has 3 aromatic rings. The first kappa shape index (κ1) is 33.3. The van der Waals surface area contributed by atoms with Crippen molar-refractivity contribution in [1.82, 2.24) is 10.2 Å². The second kappa shape index (κ2) is 14.8. The maximum atomic E-state index is 14.2. The summed E-state index contributed by atoms with van der Waals surface area (Å²) in [6.45, 7) is 2.90. The van der Waals surface area contributed by atoms with Gasteiger partial charge in [0, 0.05) is 36.2 Å². The van der Waals surface area contributed by atoms with Crippen LogP contribution in [0.2, 0.25) is 5.02 Å². The van der Waals surface area contributed by atoms with Crippen molar-refractivity contribution in [3.05, 3.63) is 99.1 Å². The number of benzene rings is 3. The number of sulfonamides is 1. The van der Waals surface area contributed by atoms with Crippen molar-refractivity contribution >= 4 is 44.8 Å². The van der Waals surface area contributed by atoms with Gasteiger partial charge in [0.15, 0.2) is 0 Å². The number of nitrogens with one attached hydrogen (secondary N) is 1. The summed E-state index contributed by atoms with van der Waals surface area (Å²) in [7, 11) is -2.89. The van der Waals surface area contributed by atoms with Crippen LogP contribution in [0.5, 0.6) is 5.75 Å². The molecule has 0 fully saturated rings. The van der Waals surface area contributed by atoms with E-state index in [0.29, 0.717) is 17.0 Å². The Balaban J connectivity index is 2.14. The van der Waals surface area contributed by atoms with E-state index in [1.165, 1.54) is 24.1 Å². The van der Waals surface area contributed by atoms with Crippen LogP contribution in [0.15, 0.2) is 72.8 Å². The van der Waals surface area contributed by atoms with Gasteiger partial charge in [0.25, 0.3) is 5.69 Å². The van der Waals surface area contributed by atoms with E-state index in [1.54, 1.807) is 24.3 Å². The molecule has 13 heteroatoms. The van der Waals surface area contributed by atoms with Crippen molar-refractivity contribution < 1.29 is 27.7 Å². The van der Waals surface area contributed by atoms with Crippen molar-refractivity contribution in [3.8, 4) is 5.75 Å². The third-order valence-electron chi connectivity index (χ3n) is 6.89. The number of hydrogen-bond acceptors (Lipinski definition) is 7. The molecule has 3 aromatic carbocycles. The van der Waals surface area contributed by atoms with Gasteiger partial charge >= 0.3 is 0 Å². The molecule has 0 aliphatic rings. The summed E-state index contributed by atoms with van der Waals surface area (Å²) in [5.74, 6) is -1.13. The summed E-state index contributed by atoms with van der Waals surface area (Å²) in [4.78, 5) is 40.1. The molecule has 11 nitrogen and oxygen atoms in total. The summed E-state index contributed by atoms with van der Waals surface area (Å²) < 4.78 is 32.2. The lowest BCUT2D eigenvalue weighted by Crippen LogP contribution is -2.54. The molecule has 0 aliphatic carbocycles. The van der Waals surface area contributed by atoms with E-state index in [9.17, 15) is 28.1 Å². The molecule has 0 radical (unpaired) electrons. The van der Waals surface area contributed by atoms with Crippen LogP contribution in [0.3, 0.4) is 0 Å². The highest BCUT2D eigenvalue weighted by Crippen LogP contribution is 2.34. The third kappa shape index (κ3) is 8.91. The first-order valence-electron chi connectivity index (χ1n) is 13.5. The molecule has 0 bridgehead atoms. The average Bonchev–Trinajstić information content (AvgIpc) is 2.97. The van der Waals surface area contributed by atoms with E-state index in [2.05, 4.69) is 5.32 Å². The minimum atomic E-state index is -4.17. The summed E-state index contributed by atoms with van der Waals surface area (Å²) in [6, 6.07) is 18.2. The SMILES string of the molecule is CC[C@H](C)NC(=O)[C@H](Cc1ccccc1)N(Cc1ccccc1Cl)C(=O)CN(c1cc([N+](=O)[O-])ccc1OC)S(C)(=O)=O. The number of carbonyl (C=O) groups is 2. The number of anilines is 1. The van der Waals surface area contributed by atoms with Crippen molar-refractivity contribution in [1.29, 1.82) is 0 Å². The standard InChI is InChI=1S/C30H35ClN4O7S/c1-5-21(2)32-30(37)27(17-22-11-7-6-8-12-22)33(19-23-13-9-10-14-25(23)31)29(36)20-34(43(4,40)41)26-18-24(35(38)39)15-16-28(26)42-3/h6-16,18,21,27H,5,17,19-20H2,1-4H3,(H,32,37)/t21-,27-/m0/s1. The molecule has 230 valence electrons. The number of carbonyl (C=O) groups excluding carboxylic acids is 2. The molecular weight excluding hydrogens is 596 g/mol. The number of non-ortho nitro benzene ring substituents is 1. The Kier molecular flexibility index (Phi) is 11.5. The Morgan fingerprint density at radius 3 is 2.30 bits per heavy atom. The monoisotopic (exact) mass is 630 g/mol. The highest BCUT2D eigenvalue weighted by molar-refractivity contribution is 7.92. The molecule has 0 heterocycles. The number of halogens is 1. The molecule has 0 spiro atoms. The van der Waals surface area contributed by atoms with Crippen LogP contribution < -0.4 is 14.4 Å². The van der Waals surface area contributed by atoms with Crippen molar-refractivity contribution in [2.24, 2.45) is 0 Å². The van der Waals surface area contributed by atoms with Gasteiger partial charge < -0.3 is 15.0 Å². The summed E-state index contributed by atoms with van der Waals surface area (Å²) in [5.41, 5.74) is 0.753. The predicted molar refractivity (Wildman–Crippen MR) is 166 cm³/mol. The first-order valence-corrected chi connectivity index (χ1v) is 15.8. The number of hydrogen-bond donors (Lipinski definition) is 1. The van der Waals surface area contributed by atoms with Crippen LogP contribution in [0.4, 0.5) is 11.4 Å². The highest BCUT2D eigenvalue weighted by Gasteiger charge is 2.34. The fourth-order valence-corrected chi connectivity index (χ4v) is 5.43. The fraction of sp³-hybridized carbons (Fsp3) is 0.333. The van der Waals surface area contributed by atoms with Gasteiger partial charge in [-0.3, -0.25) is 24.0 Å². The van der Waals surface area contributed by atoms with E-state index >= 15 is 0 Å². The van der Waals surface area contributed by atoms with Crippen molar-refractivity contribution in [2.45, 2.75) is 45.3 Å². The van der Waals surface area contributed by atoms with Gasteiger partial charge in [-0.15, -0.1) is 0 Å². The van der Waals surface area contributed by atoms with Crippen molar-refractivity contribution in [3.63, 3.8) is 0 Å². The summed E-state index contributed by atoms with van der Waals surface area (Å²) in [6.07, 6.45) is 1.67. The average molecular weight is 631 g/mol. The molecule has 0 unspecified atom stereocenters. The zero-order valence-electron chi connectivity index (χ0n) is 24.4. The molecule has 2 amide bonds. The van der Waals surface area contributed by atoms with Gasteiger partial charge in [-0.05, 0) is 36.6 Å². The Hall–Kier alpha value is -4.16. The normalized spacial score (nSPS) is 12.6. The summed E-state index contributed by atoms with van der Waals surface area (Å²) in [5, 5.41) is 14.8. The van der Waals surface area contributed by atoms with Crippen LogP contribution >= 0.6 is 11.6 Å². The topological polar surface area (TPSA) is 139 Å². The number of methoxy groups -OCH3 is 1. The van der Waals surface area contributed by atoms with Gasteiger partial charge in [0.1, 0.15) is 24.0 Å². The van der Waals surface area contributed by atoms with Gasteiger partial charge in [-0.2, -0.15) is 0 Å². The van der Waals surface area contributed by atoms with Crippen LogP contribution in [0.1, 0.15) is 31.4 Å². The lowest BCUT2D eigenvalue weighted by atomic mass is 10.0. The zero-order valence-corrected chi connectivity index (χ0v) is 26.0. The van der Waals surface area contributed by atoms with E-state index in [-0.39, 0.29) is 36.1 Å². The van der Waals surface area contributed by atoms with E-state index in [1.807, 2.05) is 44.2 Å². The Labute approximate surface area is 256 Å². The maximum Gasteiger partial charge on any atom is 0.271 e. The number of ether oxygens (including phenoxy) is 1.